The van der Waals surface area contributed by atoms with E-state index in [1.165, 1.54) is 4.52 Å². The largest absolute Gasteiger partial charge is 0.476 e. The minimum atomic E-state index is -1.04. The van der Waals surface area contributed by atoms with Crippen LogP contribution in [0, 0.1) is 0 Å². The zero-order valence-electron chi connectivity index (χ0n) is 8.87. The molecule has 1 N–H and O–H groups in total. The molecule has 7 heteroatoms. The Morgan fingerprint density at radius 2 is 2.06 bits per heavy atom. The van der Waals surface area contributed by atoms with Crippen LogP contribution in [0.2, 0.25) is 5.02 Å². The summed E-state index contributed by atoms with van der Waals surface area (Å²) in [7, 11) is 0. The first-order chi connectivity index (χ1) is 8.63. The van der Waals surface area contributed by atoms with E-state index < -0.39 is 5.97 Å². The highest BCUT2D eigenvalue weighted by molar-refractivity contribution is 7.18. The van der Waals surface area contributed by atoms with Gasteiger partial charge in [-0.1, -0.05) is 35.1 Å². The molecule has 0 saturated carbocycles. The molecule has 0 aliphatic carbocycles. The lowest BCUT2D eigenvalue weighted by atomic mass is 10.2. The third-order valence-electron chi connectivity index (χ3n) is 2.37. The molecule has 90 valence electrons. The summed E-state index contributed by atoms with van der Waals surface area (Å²) in [6, 6.07) is 7.26. The van der Waals surface area contributed by atoms with Crippen molar-refractivity contribution < 1.29 is 9.90 Å². The Kier molecular flexibility index (Phi) is 2.53. The second kappa shape index (κ2) is 4.08. The van der Waals surface area contributed by atoms with E-state index in [1.54, 1.807) is 18.3 Å². The average Bonchev–Trinajstić information content (AvgIpc) is 2.87. The van der Waals surface area contributed by atoms with E-state index >= 15 is 0 Å². The second-order valence-corrected chi connectivity index (χ2v) is 4.96. The maximum absolute atomic E-state index is 10.8. The van der Waals surface area contributed by atoms with Crippen LogP contribution in [0.1, 0.15) is 9.80 Å². The molecule has 0 bridgehead atoms. The Labute approximate surface area is 110 Å². The third-order valence-corrected chi connectivity index (χ3v) is 3.53. The van der Waals surface area contributed by atoms with E-state index in [-0.39, 0.29) is 5.01 Å². The number of carboxylic acid groups (broad SMARTS) is 1. The maximum atomic E-state index is 10.8. The number of hydrogen-bond donors (Lipinski definition) is 1. The Hall–Kier alpha value is -1.92. The van der Waals surface area contributed by atoms with Crippen molar-refractivity contribution in [2.24, 2.45) is 0 Å². The van der Waals surface area contributed by atoms with Crippen molar-refractivity contribution >= 4 is 33.9 Å². The lowest BCUT2D eigenvalue weighted by Gasteiger charge is -1.95. The van der Waals surface area contributed by atoms with Gasteiger partial charge in [-0.25, -0.2) is 14.3 Å². The minimum Gasteiger partial charge on any atom is -0.476 e. The molecule has 2 heterocycles. The van der Waals surface area contributed by atoms with Gasteiger partial charge in [-0.15, -0.1) is 5.10 Å². The number of aromatic carboxylic acids is 1. The molecular weight excluding hydrogens is 274 g/mol. The summed E-state index contributed by atoms with van der Waals surface area (Å²) >= 11 is 6.85. The number of halogens is 1. The van der Waals surface area contributed by atoms with Crippen LogP contribution in [0.25, 0.3) is 16.2 Å². The van der Waals surface area contributed by atoms with E-state index in [4.69, 9.17) is 16.7 Å². The van der Waals surface area contributed by atoms with Crippen LogP contribution in [0.5, 0.6) is 0 Å². The van der Waals surface area contributed by atoms with Gasteiger partial charge in [0.25, 0.3) is 0 Å². The molecule has 1 aromatic carbocycles. The number of aromatic nitrogens is 3. The van der Waals surface area contributed by atoms with Gasteiger partial charge >= 0.3 is 5.97 Å². The zero-order chi connectivity index (χ0) is 12.7. The lowest BCUT2D eigenvalue weighted by Crippen LogP contribution is -1.95. The van der Waals surface area contributed by atoms with E-state index in [1.807, 2.05) is 12.1 Å². The van der Waals surface area contributed by atoms with Gasteiger partial charge in [0, 0.05) is 10.6 Å². The molecular formula is C11H6ClN3O2S. The molecule has 0 atom stereocenters. The number of carboxylic acids is 1. The summed E-state index contributed by atoms with van der Waals surface area (Å²) in [6.45, 7) is 0. The molecule has 0 amide bonds. The number of nitrogens with zero attached hydrogens (tertiary/aromatic N) is 3. The Morgan fingerprint density at radius 1 is 1.33 bits per heavy atom. The molecule has 3 aromatic rings. The number of hydrogen-bond acceptors (Lipinski definition) is 4. The summed E-state index contributed by atoms with van der Waals surface area (Å²) in [5.41, 5.74) is 1.65. The quantitative estimate of drug-likeness (QED) is 0.783. The lowest BCUT2D eigenvalue weighted by molar-refractivity contribution is 0.0695. The fourth-order valence-corrected chi connectivity index (χ4v) is 2.39. The molecule has 0 unspecified atom stereocenters. The Morgan fingerprint density at radius 3 is 2.67 bits per heavy atom. The van der Waals surface area contributed by atoms with Gasteiger partial charge < -0.3 is 5.11 Å². The van der Waals surface area contributed by atoms with Crippen LogP contribution in [-0.4, -0.2) is 25.7 Å². The standard InChI is InChI=1S/C11H6ClN3O2S/c12-7-3-1-6(2-4-7)8-5-15-11(13-8)18-9(14-15)10(16)17/h1-5H,(H,16,17). The second-order valence-electron chi connectivity index (χ2n) is 3.57. The summed E-state index contributed by atoms with van der Waals surface area (Å²) in [4.78, 5) is 15.6. The number of carbonyl (C=O) groups is 1. The predicted octanol–water partition coefficient (Wildman–Crippen LogP) is 2.81. The van der Waals surface area contributed by atoms with Crippen molar-refractivity contribution in [1.29, 1.82) is 0 Å². The topological polar surface area (TPSA) is 67.5 Å². The Bertz CT molecular complexity index is 701. The van der Waals surface area contributed by atoms with E-state index in [0.29, 0.717) is 9.98 Å². The molecule has 3 rings (SSSR count). The average molecular weight is 280 g/mol. The van der Waals surface area contributed by atoms with E-state index in [9.17, 15) is 4.79 Å². The van der Waals surface area contributed by atoms with Crippen LogP contribution in [0.3, 0.4) is 0 Å². The number of fused-ring (bicyclic) bond motifs is 1. The predicted molar refractivity (Wildman–Crippen MR) is 68.3 cm³/mol. The number of imidazole rings is 1. The fraction of sp³-hybridized carbons (Fsp3) is 0. The highest BCUT2D eigenvalue weighted by Crippen LogP contribution is 2.23. The van der Waals surface area contributed by atoms with Gasteiger partial charge in [0.05, 0.1) is 11.9 Å². The molecule has 0 aliphatic heterocycles. The van der Waals surface area contributed by atoms with Crippen LogP contribution in [0.15, 0.2) is 30.5 Å². The molecule has 0 aliphatic rings. The van der Waals surface area contributed by atoms with Crippen molar-refractivity contribution in [2.75, 3.05) is 0 Å². The molecule has 0 fully saturated rings. The van der Waals surface area contributed by atoms with Crippen molar-refractivity contribution in [2.45, 2.75) is 0 Å². The highest BCUT2D eigenvalue weighted by atomic mass is 35.5. The van der Waals surface area contributed by atoms with Gasteiger partial charge in [0.2, 0.25) is 9.97 Å². The molecule has 0 radical (unpaired) electrons. The van der Waals surface area contributed by atoms with E-state index in [2.05, 4.69) is 10.1 Å². The summed E-state index contributed by atoms with van der Waals surface area (Å²) in [5, 5.41) is 13.4. The summed E-state index contributed by atoms with van der Waals surface area (Å²) in [6.07, 6.45) is 1.70. The SMILES string of the molecule is O=C(O)c1nn2cc(-c3ccc(Cl)cc3)nc2s1. The summed E-state index contributed by atoms with van der Waals surface area (Å²) < 4.78 is 1.47. The van der Waals surface area contributed by atoms with E-state index in [0.717, 1.165) is 22.6 Å². The first-order valence-electron chi connectivity index (χ1n) is 4.99. The van der Waals surface area contributed by atoms with Crippen molar-refractivity contribution in [3.8, 4) is 11.3 Å². The van der Waals surface area contributed by atoms with Crippen LogP contribution in [-0.2, 0) is 0 Å². The maximum Gasteiger partial charge on any atom is 0.367 e. The van der Waals surface area contributed by atoms with Gasteiger partial charge in [0.15, 0.2) is 0 Å². The van der Waals surface area contributed by atoms with Crippen molar-refractivity contribution in [1.82, 2.24) is 14.6 Å². The minimum absolute atomic E-state index is 0.0279. The molecule has 2 aromatic heterocycles. The normalized spacial score (nSPS) is 10.9. The molecule has 5 nitrogen and oxygen atoms in total. The smallest absolute Gasteiger partial charge is 0.367 e. The molecule has 0 spiro atoms. The van der Waals surface area contributed by atoms with Crippen molar-refractivity contribution in [3.05, 3.63) is 40.5 Å². The fourth-order valence-electron chi connectivity index (χ4n) is 1.55. The van der Waals surface area contributed by atoms with Gasteiger partial charge in [-0.2, -0.15) is 0 Å². The monoisotopic (exact) mass is 279 g/mol. The van der Waals surface area contributed by atoms with Crippen LogP contribution >= 0.6 is 22.9 Å². The van der Waals surface area contributed by atoms with Gasteiger partial charge in [-0.05, 0) is 12.1 Å². The number of rotatable bonds is 2. The first-order valence-corrected chi connectivity index (χ1v) is 6.18. The Balaban J connectivity index is 2.06. The third kappa shape index (κ3) is 1.85. The molecule has 18 heavy (non-hydrogen) atoms. The molecule has 0 saturated heterocycles. The zero-order valence-corrected chi connectivity index (χ0v) is 10.4. The highest BCUT2D eigenvalue weighted by Gasteiger charge is 2.13. The number of benzene rings is 1. The summed E-state index contributed by atoms with van der Waals surface area (Å²) in [5.74, 6) is -1.04. The van der Waals surface area contributed by atoms with Crippen LogP contribution < -0.4 is 0 Å². The van der Waals surface area contributed by atoms with Crippen LogP contribution in [0.4, 0.5) is 0 Å². The van der Waals surface area contributed by atoms with Gasteiger partial charge in [0.1, 0.15) is 0 Å². The first kappa shape index (κ1) is 11.2. The van der Waals surface area contributed by atoms with Gasteiger partial charge in [-0.3, -0.25) is 0 Å². The van der Waals surface area contributed by atoms with Crippen molar-refractivity contribution in [3.63, 3.8) is 0 Å².